The Morgan fingerprint density at radius 3 is 2.47 bits per heavy atom. The van der Waals surface area contributed by atoms with Crippen LogP contribution in [0.3, 0.4) is 0 Å². The third-order valence-electron chi connectivity index (χ3n) is 5.85. The fraction of sp³-hybridized carbons (Fsp3) is 0.333. The van der Waals surface area contributed by atoms with Crippen molar-refractivity contribution in [1.82, 2.24) is 14.9 Å². The minimum absolute atomic E-state index is 0.189. The number of nitrogens with one attached hydrogen (secondary N) is 1. The Bertz CT molecular complexity index is 967. The molecule has 156 valence electrons. The highest BCUT2D eigenvalue weighted by molar-refractivity contribution is 5.62. The second kappa shape index (κ2) is 9.22. The molecule has 0 bridgehead atoms. The molecule has 2 heterocycles. The van der Waals surface area contributed by atoms with Crippen molar-refractivity contribution in [1.29, 1.82) is 0 Å². The lowest BCUT2D eigenvalue weighted by molar-refractivity contribution is 0.198. The van der Waals surface area contributed by atoms with E-state index in [2.05, 4.69) is 57.1 Å². The van der Waals surface area contributed by atoms with E-state index in [0.29, 0.717) is 0 Å². The fourth-order valence-corrected chi connectivity index (χ4v) is 3.97. The number of nitrogens with zero attached hydrogens (tertiary/aromatic N) is 4. The van der Waals surface area contributed by atoms with E-state index in [9.17, 15) is 4.39 Å². The Balaban J connectivity index is 1.40. The van der Waals surface area contributed by atoms with E-state index in [-0.39, 0.29) is 11.9 Å². The largest absolute Gasteiger partial charge is 0.354 e. The maximum Gasteiger partial charge on any atom is 0.135 e. The zero-order valence-electron chi connectivity index (χ0n) is 17.6. The molecule has 0 aliphatic carbocycles. The Kier molecular flexibility index (Phi) is 6.23. The van der Waals surface area contributed by atoms with Gasteiger partial charge in [-0.05, 0) is 42.7 Å². The summed E-state index contributed by atoms with van der Waals surface area (Å²) in [5.41, 5.74) is 3.50. The molecular weight excluding hydrogens is 377 g/mol. The van der Waals surface area contributed by atoms with E-state index < -0.39 is 0 Å². The van der Waals surface area contributed by atoms with Gasteiger partial charge in [0.25, 0.3) is 0 Å². The number of para-hydroxylation sites is 1. The molecule has 1 unspecified atom stereocenters. The van der Waals surface area contributed by atoms with Gasteiger partial charge in [0.1, 0.15) is 23.8 Å². The maximum atomic E-state index is 13.2. The first-order valence-electron chi connectivity index (χ1n) is 10.6. The SMILES string of the molecule is CCc1ccccc1Nc1cc(N2CCN(C(C)c3ccc(F)cc3)CC2)ncn1. The summed E-state index contributed by atoms with van der Waals surface area (Å²) in [4.78, 5) is 13.6. The van der Waals surface area contributed by atoms with Crippen LogP contribution in [-0.4, -0.2) is 41.0 Å². The van der Waals surface area contributed by atoms with Gasteiger partial charge in [-0.2, -0.15) is 0 Å². The molecule has 0 amide bonds. The maximum absolute atomic E-state index is 13.2. The highest BCUT2D eigenvalue weighted by atomic mass is 19.1. The van der Waals surface area contributed by atoms with Crippen LogP contribution in [0.15, 0.2) is 60.9 Å². The predicted molar refractivity (Wildman–Crippen MR) is 120 cm³/mol. The van der Waals surface area contributed by atoms with Crippen molar-refractivity contribution in [3.05, 3.63) is 77.9 Å². The number of aromatic nitrogens is 2. The van der Waals surface area contributed by atoms with E-state index in [4.69, 9.17) is 0 Å². The van der Waals surface area contributed by atoms with E-state index in [1.807, 2.05) is 24.3 Å². The number of piperazine rings is 1. The standard InChI is InChI=1S/C24H28FN5/c1-3-19-6-4-5-7-22(19)28-23-16-24(27-17-26-23)30-14-12-29(13-15-30)18(2)20-8-10-21(25)11-9-20/h4-11,16-18H,3,12-15H2,1-2H3,(H,26,27,28). The number of halogens is 1. The van der Waals surface area contributed by atoms with Gasteiger partial charge in [-0.3, -0.25) is 4.90 Å². The van der Waals surface area contributed by atoms with Crippen molar-refractivity contribution < 1.29 is 4.39 Å². The fourth-order valence-electron chi connectivity index (χ4n) is 3.97. The average molecular weight is 406 g/mol. The number of rotatable bonds is 6. The summed E-state index contributed by atoms with van der Waals surface area (Å²) in [7, 11) is 0. The van der Waals surface area contributed by atoms with Crippen LogP contribution in [0.25, 0.3) is 0 Å². The molecule has 0 spiro atoms. The highest BCUT2D eigenvalue weighted by Gasteiger charge is 2.23. The van der Waals surface area contributed by atoms with Crippen LogP contribution in [0.2, 0.25) is 0 Å². The highest BCUT2D eigenvalue weighted by Crippen LogP contribution is 2.25. The summed E-state index contributed by atoms with van der Waals surface area (Å²) >= 11 is 0. The number of hydrogen-bond acceptors (Lipinski definition) is 5. The summed E-state index contributed by atoms with van der Waals surface area (Å²) in [5.74, 6) is 1.56. The molecule has 1 fully saturated rings. The van der Waals surface area contributed by atoms with Gasteiger partial charge in [0.2, 0.25) is 0 Å². The van der Waals surface area contributed by atoms with Crippen LogP contribution in [-0.2, 0) is 6.42 Å². The molecule has 1 N–H and O–H groups in total. The van der Waals surface area contributed by atoms with Gasteiger partial charge in [0, 0.05) is 44.0 Å². The predicted octanol–water partition coefficient (Wildman–Crippen LogP) is 4.80. The minimum Gasteiger partial charge on any atom is -0.354 e. The van der Waals surface area contributed by atoms with Gasteiger partial charge < -0.3 is 10.2 Å². The van der Waals surface area contributed by atoms with Gasteiger partial charge in [0.05, 0.1) is 0 Å². The van der Waals surface area contributed by atoms with Gasteiger partial charge in [-0.15, -0.1) is 0 Å². The normalized spacial score (nSPS) is 15.8. The smallest absolute Gasteiger partial charge is 0.135 e. The molecule has 0 radical (unpaired) electrons. The Morgan fingerprint density at radius 1 is 1.00 bits per heavy atom. The van der Waals surface area contributed by atoms with Gasteiger partial charge >= 0.3 is 0 Å². The molecule has 1 saturated heterocycles. The van der Waals surface area contributed by atoms with Crippen LogP contribution in [0.5, 0.6) is 0 Å². The zero-order chi connectivity index (χ0) is 20.9. The summed E-state index contributed by atoms with van der Waals surface area (Å²) in [6, 6.07) is 17.4. The number of aryl methyl sites for hydroxylation is 1. The summed E-state index contributed by atoms with van der Waals surface area (Å²) < 4.78 is 13.2. The third-order valence-corrected chi connectivity index (χ3v) is 5.85. The van der Waals surface area contributed by atoms with Crippen LogP contribution in [0, 0.1) is 5.82 Å². The molecule has 1 aliphatic rings. The molecular formula is C24H28FN5. The first-order valence-corrected chi connectivity index (χ1v) is 10.6. The summed E-state index contributed by atoms with van der Waals surface area (Å²) in [6.45, 7) is 7.99. The van der Waals surface area contributed by atoms with Crippen LogP contribution < -0.4 is 10.2 Å². The molecule has 0 saturated carbocycles. The van der Waals surface area contributed by atoms with Crippen LogP contribution in [0.4, 0.5) is 21.7 Å². The Hall–Kier alpha value is -2.99. The lowest BCUT2D eigenvalue weighted by atomic mass is 10.1. The average Bonchev–Trinajstić information content (AvgIpc) is 2.80. The molecule has 4 rings (SSSR count). The monoisotopic (exact) mass is 405 g/mol. The lowest BCUT2D eigenvalue weighted by Crippen LogP contribution is -2.47. The second-order valence-electron chi connectivity index (χ2n) is 7.65. The van der Waals surface area contributed by atoms with E-state index in [1.54, 1.807) is 6.33 Å². The van der Waals surface area contributed by atoms with Crippen LogP contribution >= 0.6 is 0 Å². The zero-order valence-corrected chi connectivity index (χ0v) is 17.6. The van der Waals surface area contributed by atoms with Crippen molar-refractivity contribution in [3.8, 4) is 0 Å². The van der Waals surface area contributed by atoms with Crippen molar-refractivity contribution >= 4 is 17.3 Å². The van der Waals surface area contributed by atoms with Crippen molar-refractivity contribution in [2.24, 2.45) is 0 Å². The Labute approximate surface area is 177 Å². The summed E-state index contributed by atoms with van der Waals surface area (Å²) in [5, 5.41) is 3.44. The van der Waals surface area contributed by atoms with E-state index in [1.165, 1.54) is 17.7 Å². The van der Waals surface area contributed by atoms with Crippen molar-refractivity contribution in [2.75, 3.05) is 36.4 Å². The lowest BCUT2D eigenvalue weighted by Gasteiger charge is -2.38. The molecule has 6 heteroatoms. The second-order valence-corrected chi connectivity index (χ2v) is 7.65. The molecule has 2 aromatic carbocycles. The van der Waals surface area contributed by atoms with Gasteiger partial charge in [0.15, 0.2) is 0 Å². The number of anilines is 3. The summed E-state index contributed by atoms with van der Waals surface area (Å²) in [6.07, 6.45) is 2.59. The topological polar surface area (TPSA) is 44.3 Å². The quantitative estimate of drug-likeness (QED) is 0.638. The van der Waals surface area contributed by atoms with Gasteiger partial charge in [-0.1, -0.05) is 37.3 Å². The first kappa shape index (κ1) is 20.3. The first-order chi connectivity index (χ1) is 14.6. The Morgan fingerprint density at radius 2 is 1.73 bits per heavy atom. The molecule has 1 aliphatic heterocycles. The third kappa shape index (κ3) is 4.60. The van der Waals surface area contributed by atoms with Crippen molar-refractivity contribution in [2.45, 2.75) is 26.3 Å². The van der Waals surface area contributed by atoms with Gasteiger partial charge in [-0.25, -0.2) is 14.4 Å². The van der Waals surface area contributed by atoms with E-state index in [0.717, 1.165) is 55.5 Å². The van der Waals surface area contributed by atoms with E-state index >= 15 is 0 Å². The van der Waals surface area contributed by atoms with Crippen molar-refractivity contribution in [3.63, 3.8) is 0 Å². The molecule has 5 nitrogen and oxygen atoms in total. The number of benzene rings is 2. The number of hydrogen-bond donors (Lipinski definition) is 1. The molecule has 3 aromatic rings. The molecule has 1 aromatic heterocycles. The minimum atomic E-state index is -0.189. The van der Waals surface area contributed by atoms with Crippen LogP contribution in [0.1, 0.15) is 31.0 Å². The molecule has 30 heavy (non-hydrogen) atoms. The molecule has 1 atom stereocenters.